The number of nitrogens with two attached hydrogens (primary N) is 1. The van der Waals surface area contributed by atoms with Gasteiger partial charge in [0.15, 0.2) is 0 Å². The van der Waals surface area contributed by atoms with Gasteiger partial charge in [0.25, 0.3) is 21.8 Å². The molecule has 0 aliphatic heterocycles. The molecule has 4 N–H and O–H groups in total. The van der Waals surface area contributed by atoms with Crippen molar-refractivity contribution in [3.05, 3.63) is 49.3 Å². The Morgan fingerprint density at radius 3 is 2.39 bits per heavy atom. The maximum atomic E-state index is 13.2. The molecule has 0 bridgehead atoms. The van der Waals surface area contributed by atoms with E-state index in [0.717, 1.165) is 11.3 Å². The zero-order valence-electron chi connectivity index (χ0n) is 18.3. The lowest BCUT2D eigenvalue weighted by atomic mass is 10.0. The first-order valence-corrected chi connectivity index (χ1v) is 12.1. The number of hydrogen-bond donors (Lipinski definition) is 3. The van der Waals surface area contributed by atoms with Crippen LogP contribution in [0.25, 0.3) is 0 Å². The summed E-state index contributed by atoms with van der Waals surface area (Å²) in [6.45, 7) is 8.38. The van der Waals surface area contributed by atoms with E-state index in [1.165, 1.54) is 6.07 Å². The van der Waals surface area contributed by atoms with Crippen molar-refractivity contribution >= 4 is 56.5 Å². The quantitative estimate of drug-likeness (QED) is 0.441. The number of nitrogens with zero attached hydrogens (tertiary/aromatic N) is 1. The molecule has 1 aromatic carbocycles. The van der Waals surface area contributed by atoms with Gasteiger partial charge in [0.05, 0.1) is 5.69 Å². The topological polar surface area (TPSA) is 154 Å². The number of amides is 2. The molecule has 0 spiro atoms. The lowest BCUT2D eigenvalue weighted by Crippen LogP contribution is -2.20. The molecule has 0 atom stereocenters. The van der Waals surface area contributed by atoms with Gasteiger partial charge < -0.3 is 20.3 Å². The van der Waals surface area contributed by atoms with Crippen LogP contribution in [0.15, 0.2) is 21.6 Å². The van der Waals surface area contributed by atoms with E-state index in [2.05, 4.69) is 15.2 Å². The molecule has 0 saturated heterocycles. The Hall–Kier alpha value is -3.09. The molecule has 0 unspecified atom stereocenters. The highest BCUT2D eigenvalue weighted by atomic mass is 35.5. The minimum Gasteiger partial charge on any atom is -0.410 e. The van der Waals surface area contributed by atoms with Gasteiger partial charge in [-0.3, -0.25) is 4.79 Å². The van der Waals surface area contributed by atoms with Gasteiger partial charge in [-0.15, -0.1) is 11.3 Å². The minimum absolute atomic E-state index is 0.0180. The van der Waals surface area contributed by atoms with Crippen LogP contribution in [0.2, 0.25) is 5.02 Å². The number of nitrogens with one attached hydrogen (secondary N) is 2. The number of hydrogen-bond acceptors (Lipinski definition) is 8. The highest BCUT2D eigenvalue weighted by Crippen LogP contribution is 2.35. The van der Waals surface area contributed by atoms with E-state index in [9.17, 15) is 18.0 Å². The normalized spacial score (nSPS) is 11.3. The Morgan fingerprint density at radius 2 is 1.82 bits per heavy atom. The van der Waals surface area contributed by atoms with Crippen LogP contribution in [0.3, 0.4) is 0 Å². The average Bonchev–Trinajstić information content (AvgIpc) is 3.26. The molecule has 2 amide bonds. The molecule has 2 heterocycles. The van der Waals surface area contributed by atoms with Crippen molar-refractivity contribution < 1.29 is 27.3 Å². The molecule has 2 aromatic heterocycles. The fraction of sp³-hybridized carbons (Fsp3) is 0.250. The van der Waals surface area contributed by atoms with Crippen molar-refractivity contribution in [3.8, 4) is 5.75 Å². The number of ether oxygens (including phenoxy) is 1. The molecule has 33 heavy (non-hydrogen) atoms. The highest BCUT2D eigenvalue weighted by Gasteiger charge is 2.29. The van der Waals surface area contributed by atoms with Crippen molar-refractivity contribution in [1.29, 1.82) is 0 Å². The Kier molecular flexibility index (Phi) is 6.73. The monoisotopic (exact) mass is 512 g/mol. The second-order valence-electron chi connectivity index (χ2n) is 7.28. The highest BCUT2D eigenvalue weighted by molar-refractivity contribution is 7.93. The van der Waals surface area contributed by atoms with Crippen LogP contribution in [-0.2, 0) is 10.0 Å². The standard InChI is InChI=1S/C20H21ClN4O6S2/c1-8-6-9(2)16(30-20(22)27)11(4)15(8)23-18(26)17-13(7-10(3)32-17)33(28,29)25-19-14(21)12(5)24-31-19/h6-7,25H,1-5H3,(H2,22,27)(H,23,26). The fourth-order valence-corrected chi connectivity index (χ4v) is 5.90. The number of carbonyl (C=O) groups excluding carboxylic acids is 2. The molecular formula is C20H21ClN4O6S2. The maximum absolute atomic E-state index is 13.2. The summed E-state index contributed by atoms with van der Waals surface area (Å²) < 4.78 is 38.2. The average molecular weight is 513 g/mol. The third kappa shape index (κ3) is 4.97. The van der Waals surface area contributed by atoms with Crippen molar-refractivity contribution in [1.82, 2.24) is 5.16 Å². The molecule has 0 saturated carbocycles. The Balaban J connectivity index is 1.99. The smallest absolute Gasteiger partial charge is 0.409 e. The number of primary amides is 1. The summed E-state index contributed by atoms with van der Waals surface area (Å²) in [5.41, 5.74) is 7.65. The van der Waals surface area contributed by atoms with E-state index in [4.69, 9.17) is 26.6 Å². The first-order valence-electron chi connectivity index (χ1n) is 9.46. The molecule has 0 fully saturated rings. The third-order valence-corrected chi connectivity index (χ3v) is 7.66. The van der Waals surface area contributed by atoms with Crippen molar-refractivity contribution in [3.63, 3.8) is 0 Å². The predicted molar refractivity (Wildman–Crippen MR) is 125 cm³/mol. The molecule has 176 valence electrons. The van der Waals surface area contributed by atoms with Crippen LogP contribution in [0.4, 0.5) is 16.4 Å². The van der Waals surface area contributed by atoms with Crippen LogP contribution in [0.5, 0.6) is 5.75 Å². The molecule has 0 radical (unpaired) electrons. The zero-order chi connectivity index (χ0) is 24.7. The van der Waals surface area contributed by atoms with Gasteiger partial charge >= 0.3 is 6.09 Å². The van der Waals surface area contributed by atoms with Gasteiger partial charge in [0, 0.05) is 10.4 Å². The third-order valence-electron chi connectivity index (χ3n) is 4.68. The van der Waals surface area contributed by atoms with Gasteiger partial charge in [0.1, 0.15) is 26.2 Å². The van der Waals surface area contributed by atoms with Crippen LogP contribution in [0.1, 0.15) is 36.9 Å². The van der Waals surface area contributed by atoms with Crippen molar-refractivity contribution in [2.75, 3.05) is 10.0 Å². The van der Waals surface area contributed by atoms with E-state index in [-0.39, 0.29) is 26.4 Å². The van der Waals surface area contributed by atoms with Gasteiger partial charge in [-0.05, 0) is 51.8 Å². The number of thiophene rings is 1. The van der Waals surface area contributed by atoms with E-state index in [1.807, 2.05) is 0 Å². The number of aryl methyl sites for hydroxylation is 4. The molecule has 0 aliphatic carbocycles. The second kappa shape index (κ2) is 9.04. The summed E-state index contributed by atoms with van der Waals surface area (Å²) in [4.78, 5) is 24.7. The number of benzene rings is 1. The lowest BCUT2D eigenvalue weighted by Gasteiger charge is -2.17. The lowest BCUT2D eigenvalue weighted by molar-refractivity contribution is 0.102. The molecule has 3 rings (SSSR count). The maximum Gasteiger partial charge on any atom is 0.409 e. The van der Waals surface area contributed by atoms with Crippen LogP contribution in [0, 0.1) is 34.6 Å². The summed E-state index contributed by atoms with van der Waals surface area (Å²) in [5.74, 6) is -0.688. The van der Waals surface area contributed by atoms with Crippen LogP contribution < -0.4 is 20.5 Å². The number of halogens is 1. The molecule has 10 nitrogen and oxygen atoms in total. The van der Waals surface area contributed by atoms with E-state index in [0.29, 0.717) is 32.9 Å². The largest absolute Gasteiger partial charge is 0.410 e. The summed E-state index contributed by atoms with van der Waals surface area (Å²) in [7, 11) is -4.23. The first-order chi connectivity index (χ1) is 15.3. The molecular weight excluding hydrogens is 492 g/mol. The van der Waals surface area contributed by atoms with Gasteiger partial charge in [-0.25, -0.2) is 17.9 Å². The predicted octanol–water partition coefficient (Wildman–Crippen LogP) is 4.44. The summed E-state index contributed by atoms with van der Waals surface area (Å²) >= 11 is 7.01. The van der Waals surface area contributed by atoms with Gasteiger partial charge in [-0.1, -0.05) is 22.8 Å². The SMILES string of the molecule is Cc1cc(S(=O)(=O)Nc2onc(C)c2Cl)c(C(=O)Nc2c(C)cc(C)c(OC(N)=O)c2C)s1. The van der Waals surface area contributed by atoms with Gasteiger partial charge in [0.2, 0.25) is 0 Å². The number of aromatic nitrogens is 1. The van der Waals surface area contributed by atoms with Crippen molar-refractivity contribution in [2.24, 2.45) is 5.73 Å². The number of carbonyl (C=O) groups is 2. The molecule has 3 aromatic rings. The Morgan fingerprint density at radius 1 is 1.15 bits per heavy atom. The van der Waals surface area contributed by atoms with Crippen molar-refractivity contribution in [2.45, 2.75) is 39.5 Å². The second-order valence-corrected chi connectivity index (χ2v) is 10.6. The van der Waals surface area contributed by atoms with E-state index >= 15 is 0 Å². The Bertz CT molecular complexity index is 1380. The van der Waals surface area contributed by atoms with E-state index < -0.39 is 22.0 Å². The fourth-order valence-electron chi connectivity index (χ4n) is 3.24. The first kappa shape index (κ1) is 24.6. The number of anilines is 2. The van der Waals surface area contributed by atoms with Crippen LogP contribution in [-0.4, -0.2) is 25.6 Å². The summed E-state index contributed by atoms with van der Waals surface area (Å²) in [5, 5.41) is 6.36. The van der Waals surface area contributed by atoms with Crippen LogP contribution >= 0.6 is 22.9 Å². The zero-order valence-corrected chi connectivity index (χ0v) is 20.7. The summed E-state index contributed by atoms with van der Waals surface area (Å²) in [6, 6.07) is 3.09. The minimum atomic E-state index is -4.23. The van der Waals surface area contributed by atoms with Gasteiger partial charge in [-0.2, -0.15) is 0 Å². The number of rotatable bonds is 6. The van der Waals surface area contributed by atoms with E-state index in [1.54, 1.807) is 40.7 Å². The molecule has 13 heteroatoms. The number of sulfonamides is 1. The summed E-state index contributed by atoms with van der Waals surface area (Å²) in [6.07, 6.45) is -0.989. The Labute approximate surface area is 199 Å². The molecule has 0 aliphatic rings.